The third-order valence-electron chi connectivity index (χ3n) is 3.68. The van der Waals surface area contributed by atoms with E-state index in [0.29, 0.717) is 11.4 Å². The molecule has 0 fully saturated rings. The molecule has 0 amide bonds. The summed E-state index contributed by atoms with van der Waals surface area (Å²) in [5.74, 6) is 0. The van der Waals surface area contributed by atoms with Crippen molar-refractivity contribution in [2.45, 2.75) is 17.9 Å². The van der Waals surface area contributed by atoms with E-state index in [0.717, 1.165) is 11.1 Å². The molecule has 1 aliphatic rings. The largest absolute Gasteiger partial charge is 0.244 e. The quantitative estimate of drug-likeness (QED) is 0.816. The fraction of sp³-hybridized carbons (Fsp3) is 0.176. The van der Waals surface area contributed by atoms with Gasteiger partial charge in [-0.25, -0.2) is 8.42 Å². The van der Waals surface area contributed by atoms with Crippen LogP contribution >= 0.6 is 0 Å². The van der Waals surface area contributed by atoms with Gasteiger partial charge in [-0.05, 0) is 24.6 Å². The van der Waals surface area contributed by atoms with Gasteiger partial charge in [0.05, 0.1) is 10.9 Å². The van der Waals surface area contributed by atoms with Crippen LogP contribution in [0.4, 0.5) is 0 Å². The molecule has 0 unspecified atom stereocenters. The van der Waals surface area contributed by atoms with Gasteiger partial charge < -0.3 is 0 Å². The Bertz CT molecular complexity index is 749. The molecule has 0 radical (unpaired) electrons. The fourth-order valence-corrected chi connectivity index (χ4v) is 4.05. The molecule has 0 spiro atoms. The Kier molecular flexibility index (Phi) is 3.66. The molecular weight excluding hydrogens is 282 g/mol. The normalized spacial score (nSPS) is 19.0. The minimum atomic E-state index is -3.48. The third kappa shape index (κ3) is 2.64. The Balaban J connectivity index is 1.97. The fourth-order valence-electron chi connectivity index (χ4n) is 2.52. The molecule has 3 nitrogen and oxygen atoms in total. The maximum absolute atomic E-state index is 12.8. The van der Waals surface area contributed by atoms with Crippen molar-refractivity contribution in [2.24, 2.45) is 0 Å². The van der Waals surface area contributed by atoms with Crippen molar-refractivity contribution in [3.05, 3.63) is 77.9 Å². The highest BCUT2D eigenvalue weighted by Gasteiger charge is 2.32. The Morgan fingerprint density at radius 2 is 1.67 bits per heavy atom. The third-order valence-corrected chi connectivity index (χ3v) is 5.54. The van der Waals surface area contributed by atoms with E-state index in [1.54, 1.807) is 12.1 Å². The van der Waals surface area contributed by atoms with Gasteiger partial charge in [0.15, 0.2) is 0 Å². The first kappa shape index (κ1) is 14.0. The molecule has 1 atom stereocenters. The molecule has 0 aromatic heterocycles. The lowest BCUT2D eigenvalue weighted by Crippen LogP contribution is -2.31. The van der Waals surface area contributed by atoms with E-state index in [1.165, 1.54) is 4.31 Å². The smallest absolute Gasteiger partial charge is 0.207 e. The number of hydrogen-bond donors (Lipinski definition) is 0. The van der Waals surface area contributed by atoms with Crippen LogP contribution in [0.15, 0.2) is 71.6 Å². The number of hydrogen-bond acceptors (Lipinski definition) is 2. The lowest BCUT2D eigenvalue weighted by molar-refractivity contribution is 0.418. The molecule has 3 rings (SSSR count). The molecule has 1 heterocycles. The van der Waals surface area contributed by atoms with Gasteiger partial charge in [-0.3, -0.25) is 0 Å². The van der Waals surface area contributed by atoms with Crippen molar-refractivity contribution in [3.8, 4) is 0 Å². The lowest BCUT2D eigenvalue weighted by Gasteiger charge is -2.24. The van der Waals surface area contributed by atoms with Crippen molar-refractivity contribution in [2.75, 3.05) is 6.54 Å². The van der Waals surface area contributed by atoms with Crippen molar-refractivity contribution in [1.29, 1.82) is 0 Å². The molecule has 0 N–H and O–H groups in total. The summed E-state index contributed by atoms with van der Waals surface area (Å²) in [6, 6.07) is 16.5. The monoisotopic (exact) mass is 299 g/mol. The summed E-state index contributed by atoms with van der Waals surface area (Å²) in [4.78, 5) is 0.345. The van der Waals surface area contributed by atoms with Crippen LogP contribution in [0.25, 0.3) is 0 Å². The van der Waals surface area contributed by atoms with Crippen LogP contribution in [-0.4, -0.2) is 19.3 Å². The van der Waals surface area contributed by atoms with E-state index >= 15 is 0 Å². The van der Waals surface area contributed by atoms with Crippen LogP contribution in [0.1, 0.15) is 17.2 Å². The van der Waals surface area contributed by atoms with Gasteiger partial charge >= 0.3 is 0 Å². The summed E-state index contributed by atoms with van der Waals surface area (Å²) < 4.78 is 27.2. The van der Waals surface area contributed by atoms with Gasteiger partial charge in [-0.2, -0.15) is 4.31 Å². The molecule has 2 aromatic carbocycles. The molecule has 0 saturated carbocycles. The van der Waals surface area contributed by atoms with E-state index in [4.69, 9.17) is 0 Å². The summed E-state index contributed by atoms with van der Waals surface area (Å²) in [5.41, 5.74) is 2.04. The van der Waals surface area contributed by atoms with Gasteiger partial charge in [0.1, 0.15) is 0 Å². The van der Waals surface area contributed by atoms with Crippen molar-refractivity contribution in [3.63, 3.8) is 0 Å². The summed E-state index contributed by atoms with van der Waals surface area (Å²) in [6.45, 7) is 2.36. The molecule has 2 aromatic rings. The van der Waals surface area contributed by atoms with Gasteiger partial charge in [0, 0.05) is 6.54 Å². The van der Waals surface area contributed by atoms with Crippen LogP contribution < -0.4 is 0 Å². The SMILES string of the molecule is Cc1ccc(S(=O)(=O)N2CC=C[C@@H]2c2ccccc2)cc1. The maximum Gasteiger partial charge on any atom is 0.244 e. The average molecular weight is 299 g/mol. The molecule has 21 heavy (non-hydrogen) atoms. The van der Waals surface area contributed by atoms with Crippen LogP contribution in [0.2, 0.25) is 0 Å². The zero-order valence-corrected chi connectivity index (χ0v) is 12.6. The van der Waals surface area contributed by atoms with E-state index < -0.39 is 10.0 Å². The van der Waals surface area contributed by atoms with Crippen molar-refractivity contribution >= 4 is 10.0 Å². The zero-order chi connectivity index (χ0) is 14.9. The summed E-state index contributed by atoms with van der Waals surface area (Å²) >= 11 is 0. The van der Waals surface area contributed by atoms with Crippen LogP contribution in [0.3, 0.4) is 0 Å². The van der Waals surface area contributed by atoms with E-state index in [2.05, 4.69) is 0 Å². The number of sulfonamides is 1. The lowest BCUT2D eigenvalue weighted by atomic mass is 10.1. The standard InChI is InChI=1S/C17H17NO2S/c1-14-9-11-16(12-10-14)21(19,20)18-13-5-8-17(18)15-6-3-2-4-7-15/h2-12,17H,13H2,1H3/t17-/m1/s1. The average Bonchev–Trinajstić information content (AvgIpc) is 2.99. The van der Waals surface area contributed by atoms with Crippen molar-refractivity contribution in [1.82, 2.24) is 4.31 Å². The second-order valence-corrected chi connectivity index (χ2v) is 7.06. The molecule has 1 aliphatic heterocycles. The van der Waals surface area contributed by atoms with E-state index in [1.807, 2.05) is 61.5 Å². The Morgan fingerprint density at radius 3 is 2.33 bits per heavy atom. The van der Waals surface area contributed by atoms with E-state index in [-0.39, 0.29) is 6.04 Å². The van der Waals surface area contributed by atoms with Gasteiger partial charge in [-0.15, -0.1) is 0 Å². The minimum Gasteiger partial charge on any atom is -0.207 e. The van der Waals surface area contributed by atoms with Gasteiger partial charge in [-0.1, -0.05) is 60.2 Å². The summed E-state index contributed by atoms with van der Waals surface area (Å²) in [7, 11) is -3.48. The molecular formula is C17H17NO2S. The Hall–Kier alpha value is -1.91. The molecule has 0 aliphatic carbocycles. The van der Waals surface area contributed by atoms with Gasteiger partial charge in [0.25, 0.3) is 0 Å². The first-order valence-electron chi connectivity index (χ1n) is 6.89. The summed E-state index contributed by atoms with van der Waals surface area (Å²) in [6.07, 6.45) is 3.85. The highest BCUT2D eigenvalue weighted by molar-refractivity contribution is 7.89. The van der Waals surface area contributed by atoms with Crippen LogP contribution in [-0.2, 0) is 10.0 Å². The number of benzene rings is 2. The predicted molar refractivity (Wildman–Crippen MR) is 83.4 cm³/mol. The van der Waals surface area contributed by atoms with Crippen molar-refractivity contribution < 1.29 is 8.42 Å². The highest BCUT2D eigenvalue weighted by Crippen LogP contribution is 2.32. The first-order chi connectivity index (χ1) is 10.1. The van der Waals surface area contributed by atoms with Crippen LogP contribution in [0, 0.1) is 6.92 Å². The molecule has 0 saturated heterocycles. The highest BCUT2D eigenvalue weighted by atomic mass is 32.2. The number of nitrogens with zero attached hydrogens (tertiary/aromatic N) is 1. The predicted octanol–water partition coefficient (Wildman–Crippen LogP) is 3.30. The first-order valence-corrected chi connectivity index (χ1v) is 8.33. The summed E-state index contributed by atoms with van der Waals surface area (Å²) in [5, 5.41) is 0. The maximum atomic E-state index is 12.8. The number of aryl methyl sites for hydroxylation is 1. The minimum absolute atomic E-state index is 0.225. The number of rotatable bonds is 3. The molecule has 0 bridgehead atoms. The molecule has 108 valence electrons. The second-order valence-electron chi connectivity index (χ2n) is 5.17. The van der Waals surface area contributed by atoms with E-state index in [9.17, 15) is 8.42 Å². The van der Waals surface area contributed by atoms with Crippen LogP contribution in [0.5, 0.6) is 0 Å². The topological polar surface area (TPSA) is 37.4 Å². The Morgan fingerprint density at radius 1 is 1.00 bits per heavy atom. The zero-order valence-electron chi connectivity index (χ0n) is 11.8. The second kappa shape index (κ2) is 5.47. The van der Waals surface area contributed by atoms with Gasteiger partial charge in [0.2, 0.25) is 10.0 Å². The Labute approximate surface area is 125 Å². The molecule has 4 heteroatoms.